The van der Waals surface area contributed by atoms with Crippen LogP contribution in [-0.2, 0) is 16.1 Å². The number of morpholine rings is 1. The first-order valence-electron chi connectivity index (χ1n) is 10.4. The third-order valence-electron chi connectivity index (χ3n) is 4.81. The van der Waals surface area contributed by atoms with E-state index < -0.39 is 11.5 Å². The number of carboxylic acid groups (broad SMARTS) is 1. The first kappa shape index (κ1) is 24.1. The molecule has 1 aromatic heterocycles. The molecular weight excluding hydrogens is 444 g/mol. The second-order valence-electron chi connectivity index (χ2n) is 6.97. The summed E-state index contributed by atoms with van der Waals surface area (Å²) in [5.41, 5.74) is 5.28. The molecule has 0 atom stereocenters. The van der Waals surface area contributed by atoms with E-state index in [1.165, 1.54) is 10.8 Å². The SMILES string of the molecule is CCn1c(=C=C(C#N)C(=O)O)sc(=C=CNc2cccc(OCCN3CCOCC3)c2)c1=O. The summed E-state index contributed by atoms with van der Waals surface area (Å²) in [6, 6.07) is 9.02. The molecule has 1 aliphatic heterocycles. The molecule has 3 rings (SSSR count). The van der Waals surface area contributed by atoms with E-state index in [4.69, 9.17) is 19.8 Å². The molecule has 0 saturated carbocycles. The maximum atomic E-state index is 12.6. The maximum absolute atomic E-state index is 12.6. The fraction of sp³-hybridized carbons (Fsp3) is 0.348. The van der Waals surface area contributed by atoms with Crippen molar-refractivity contribution in [3.8, 4) is 11.8 Å². The fourth-order valence-corrected chi connectivity index (χ4v) is 4.08. The number of nitriles is 1. The first-order chi connectivity index (χ1) is 16.0. The predicted octanol–water partition coefficient (Wildman–Crippen LogP) is 0.560. The third kappa shape index (κ3) is 6.70. The number of benzene rings is 1. The number of thiazole rings is 1. The van der Waals surface area contributed by atoms with Crippen molar-refractivity contribution in [2.45, 2.75) is 13.5 Å². The van der Waals surface area contributed by atoms with Crippen molar-refractivity contribution in [1.82, 2.24) is 9.47 Å². The number of hydrogen-bond acceptors (Lipinski definition) is 8. The molecule has 0 aliphatic carbocycles. The van der Waals surface area contributed by atoms with E-state index >= 15 is 0 Å². The van der Waals surface area contributed by atoms with Gasteiger partial charge in [0.15, 0.2) is 5.57 Å². The van der Waals surface area contributed by atoms with Gasteiger partial charge in [0.1, 0.15) is 27.6 Å². The Bertz CT molecular complexity index is 1290. The van der Waals surface area contributed by atoms with Crippen molar-refractivity contribution in [3.05, 3.63) is 55.6 Å². The summed E-state index contributed by atoms with van der Waals surface area (Å²) in [5, 5.41) is 21.0. The first-order valence-corrected chi connectivity index (χ1v) is 11.2. The Morgan fingerprint density at radius 3 is 2.88 bits per heavy atom. The van der Waals surface area contributed by atoms with Gasteiger partial charge in [0.2, 0.25) is 0 Å². The standard InChI is InChI=1S/C23H24N4O5S/c1-2-27-21(14-17(16-24)23(29)30)33-20(22(27)28)6-7-25-18-4-3-5-19(15-18)32-13-10-26-8-11-31-12-9-26/h3-5,7,15,25H,2,8-13H2,1H3,(H,29,30). The van der Waals surface area contributed by atoms with E-state index in [0.29, 0.717) is 13.2 Å². The van der Waals surface area contributed by atoms with Gasteiger partial charge >= 0.3 is 5.97 Å². The summed E-state index contributed by atoms with van der Waals surface area (Å²) >= 11 is 1.02. The van der Waals surface area contributed by atoms with Crippen LogP contribution in [0.4, 0.5) is 5.69 Å². The molecular formula is C23H24N4O5S. The number of hydrogen-bond donors (Lipinski definition) is 2. The quantitative estimate of drug-likeness (QED) is 0.426. The minimum absolute atomic E-state index is 0.257. The van der Waals surface area contributed by atoms with Gasteiger partial charge in [-0.25, -0.2) is 4.79 Å². The van der Waals surface area contributed by atoms with Gasteiger partial charge < -0.3 is 19.9 Å². The van der Waals surface area contributed by atoms with Crippen molar-refractivity contribution in [2.75, 3.05) is 44.8 Å². The van der Waals surface area contributed by atoms with E-state index in [2.05, 4.69) is 21.7 Å². The molecule has 2 N–H and O–H groups in total. The summed E-state index contributed by atoms with van der Waals surface area (Å²) in [6.07, 6.45) is 1.51. The average Bonchev–Trinajstić information content (AvgIpc) is 3.12. The van der Waals surface area contributed by atoms with Gasteiger partial charge in [-0.1, -0.05) is 28.9 Å². The average molecular weight is 469 g/mol. The molecule has 1 fully saturated rings. The molecule has 10 heteroatoms. The lowest BCUT2D eigenvalue weighted by molar-refractivity contribution is -0.132. The Balaban J connectivity index is 1.75. The monoisotopic (exact) mass is 468 g/mol. The lowest BCUT2D eigenvalue weighted by Crippen LogP contribution is -2.38. The maximum Gasteiger partial charge on any atom is 0.354 e. The predicted molar refractivity (Wildman–Crippen MR) is 124 cm³/mol. The van der Waals surface area contributed by atoms with Crippen LogP contribution in [0.25, 0.3) is 11.5 Å². The Morgan fingerprint density at radius 1 is 1.39 bits per heavy atom. The number of anilines is 1. The normalized spacial score (nSPS) is 13.3. The molecule has 0 unspecified atom stereocenters. The van der Waals surface area contributed by atoms with Crippen molar-refractivity contribution in [1.29, 1.82) is 5.26 Å². The topological polar surface area (TPSA) is 117 Å². The largest absolute Gasteiger partial charge is 0.492 e. The van der Waals surface area contributed by atoms with Crippen LogP contribution >= 0.6 is 11.3 Å². The lowest BCUT2D eigenvalue weighted by atomic mass is 10.3. The number of aliphatic carboxylic acids is 1. The van der Waals surface area contributed by atoms with Crippen LogP contribution in [0, 0.1) is 11.3 Å². The Kier molecular flexibility index (Phi) is 8.67. The summed E-state index contributed by atoms with van der Waals surface area (Å²) in [5.74, 6) is -0.665. The zero-order chi connectivity index (χ0) is 23.6. The van der Waals surface area contributed by atoms with E-state index in [1.807, 2.05) is 24.3 Å². The number of aromatic nitrogens is 1. The molecule has 33 heavy (non-hydrogen) atoms. The highest BCUT2D eigenvalue weighted by Gasteiger charge is 2.10. The molecule has 1 aliphatic rings. The zero-order valence-corrected chi connectivity index (χ0v) is 19.0. The molecule has 0 radical (unpaired) electrons. The molecule has 0 amide bonds. The van der Waals surface area contributed by atoms with E-state index in [9.17, 15) is 9.59 Å². The number of carboxylic acids is 1. The second-order valence-corrected chi connectivity index (χ2v) is 7.97. The van der Waals surface area contributed by atoms with E-state index in [1.54, 1.807) is 13.0 Å². The van der Waals surface area contributed by atoms with Gasteiger partial charge in [-0.05, 0) is 19.1 Å². The minimum atomic E-state index is -1.39. The highest BCUT2D eigenvalue weighted by Crippen LogP contribution is 2.17. The molecule has 2 heterocycles. The highest BCUT2D eigenvalue weighted by atomic mass is 32.1. The Labute approximate surface area is 194 Å². The van der Waals surface area contributed by atoms with Crippen LogP contribution in [-0.4, -0.2) is 60.0 Å². The molecule has 9 nitrogen and oxygen atoms in total. The number of nitrogens with zero attached hydrogens (tertiary/aromatic N) is 3. The molecule has 2 aromatic rings. The third-order valence-corrected chi connectivity index (χ3v) is 5.83. The van der Waals surface area contributed by atoms with Crippen molar-refractivity contribution < 1.29 is 19.4 Å². The van der Waals surface area contributed by atoms with Crippen molar-refractivity contribution in [2.24, 2.45) is 0 Å². The minimum Gasteiger partial charge on any atom is -0.492 e. The second kappa shape index (κ2) is 11.9. The van der Waals surface area contributed by atoms with Crippen molar-refractivity contribution in [3.63, 3.8) is 0 Å². The smallest absolute Gasteiger partial charge is 0.354 e. The fourth-order valence-electron chi connectivity index (χ4n) is 3.10. The molecule has 1 saturated heterocycles. The van der Waals surface area contributed by atoms with Gasteiger partial charge in [-0.2, -0.15) is 5.26 Å². The molecule has 1 aromatic carbocycles. The summed E-state index contributed by atoms with van der Waals surface area (Å²) in [4.78, 5) is 25.9. The van der Waals surface area contributed by atoms with Crippen LogP contribution in [0.5, 0.6) is 5.75 Å². The number of carbonyl (C=O) groups is 1. The number of rotatable bonds is 8. The van der Waals surface area contributed by atoms with Crippen LogP contribution < -0.4 is 24.8 Å². The highest BCUT2D eigenvalue weighted by molar-refractivity contribution is 7.07. The van der Waals surface area contributed by atoms with Gasteiger partial charge in [0.05, 0.1) is 13.2 Å². The summed E-state index contributed by atoms with van der Waals surface area (Å²) in [7, 11) is 0. The van der Waals surface area contributed by atoms with E-state index in [0.717, 1.165) is 55.6 Å². The van der Waals surface area contributed by atoms with Crippen LogP contribution in [0.3, 0.4) is 0 Å². The van der Waals surface area contributed by atoms with E-state index in [-0.39, 0.29) is 14.8 Å². The number of nitrogens with one attached hydrogen (secondary N) is 1. The zero-order valence-electron chi connectivity index (χ0n) is 18.2. The lowest BCUT2D eigenvalue weighted by Gasteiger charge is -2.26. The van der Waals surface area contributed by atoms with Crippen LogP contribution in [0.1, 0.15) is 6.92 Å². The molecule has 0 bridgehead atoms. The summed E-state index contributed by atoms with van der Waals surface area (Å²) in [6.45, 7) is 6.81. The van der Waals surface area contributed by atoms with Gasteiger partial charge in [0.25, 0.3) is 5.56 Å². The van der Waals surface area contributed by atoms with Crippen LogP contribution in [0.15, 0.2) is 40.8 Å². The molecule has 0 spiro atoms. The summed E-state index contributed by atoms with van der Waals surface area (Å²) < 4.78 is 13.1. The van der Waals surface area contributed by atoms with Gasteiger partial charge in [0, 0.05) is 44.1 Å². The Morgan fingerprint density at radius 2 is 2.18 bits per heavy atom. The Hall–Kier alpha value is -3.57. The van der Waals surface area contributed by atoms with Gasteiger partial charge in [-0.3, -0.25) is 14.3 Å². The van der Waals surface area contributed by atoms with Gasteiger partial charge in [-0.15, -0.1) is 0 Å². The molecule has 172 valence electrons. The number of ether oxygens (including phenoxy) is 2. The van der Waals surface area contributed by atoms with Crippen LogP contribution in [0.2, 0.25) is 0 Å². The van der Waals surface area contributed by atoms with Crippen molar-refractivity contribution >= 4 is 34.5 Å².